The molecule has 3 amide bonds. The smallest absolute Gasteiger partial charge is 0.245 e. The van der Waals surface area contributed by atoms with E-state index in [1.54, 1.807) is 14.0 Å². The van der Waals surface area contributed by atoms with Gasteiger partial charge >= 0.3 is 0 Å². The summed E-state index contributed by atoms with van der Waals surface area (Å²) in [6.45, 7) is 1.66. The lowest BCUT2D eigenvalue weighted by atomic mass is 9.99. The number of hydrogen-bond acceptors (Lipinski definition) is 4. The van der Waals surface area contributed by atoms with Gasteiger partial charge < -0.3 is 20.6 Å². The van der Waals surface area contributed by atoms with E-state index in [4.69, 9.17) is 0 Å². The maximum atomic E-state index is 13.5. The van der Waals surface area contributed by atoms with Crippen LogP contribution in [0.4, 0.5) is 0 Å². The van der Waals surface area contributed by atoms with Crippen molar-refractivity contribution in [3.8, 4) is 0 Å². The third-order valence-corrected chi connectivity index (χ3v) is 5.78. The Morgan fingerprint density at radius 3 is 2.29 bits per heavy atom. The molecule has 3 aromatic rings. The van der Waals surface area contributed by atoms with Crippen molar-refractivity contribution in [2.45, 2.75) is 38.0 Å². The van der Waals surface area contributed by atoms with Crippen molar-refractivity contribution in [1.82, 2.24) is 15.5 Å². The minimum atomic E-state index is -0.827. The Kier molecular flexibility index (Phi) is 8.76. The van der Waals surface area contributed by atoms with Crippen LogP contribution in [0, 0.1) is 0 Å². The summed E-state index contributed by atoms with van der Waals surface area (Å²) in [6.07, 6.45) is 0.398. The Morgan fingerprint density at radius 2 is 1.62 bits per heavy atom. The molecule has 0 aliphatic heterocycles. The number of aliphatic hydroxyl groups excluding tert-OH is 1. The number of amides is 3. The van der Waals surface area contributed by atoms with Crippen molar-refractivity contribution in [2.75, 3.05) is 13.6 Å². The van der Waals surface area contributed by atoms with E-state index in [9.17, 15) is 19.5 Å². The molecule has 0 aliphatic carbocycles. The minimum Gasteiger partial charge on any atom is -0.392 e. The second kappa shape index (κ2) is 12.0. The molecule has 0 radical (unpaired) electrons. The van der Waals surface area contributed by atoms with E-state index in [2.05, 4.69) is 10.6 Å². The van der Waals surface area contributed by atoms with Gasteiger partial charge in [-0.15, -0.1) is 0 Å². The third-order valence-electron chi connectivity index (χ3n) is 5.78. The number of benzene rings is 3. The zero-order valence-electron chi connectivity index (χ0n) is 19.5. The average Bonchev–Trinajstić information content (AvgIpc) is 2.85. The minimum absolute atomic E-state index is 0.0826. The summed E-state index contributed by atoms with van der Waals surface area (Å²) in [7, 11) is 1.57. The summed E-state index contributed by atoms with van der Waals surface area (Å²) < 4.78 is 0. The van der Waals surface area contributed by atoms with Crippen molar-refractivity contribution in [3.63, 3.8) is 0 Å². The predicted molar refractivity (Wildman–Crippen MR) is 132 cm³/mol. The molecule has 3 aromatic carbocycles. The van der Waals surface area contributed by atoms with Gasteiger partial charge in [0.05, 0.1) is 6.10 Å². The monoisotopic (exact) mass is 461 g/mol. The van der Waals surface area contributed by atoms with Gasteiger partial charge in [0.2, 0.25) is 18.2 Å². The van der Waals surface area contributed by atoms with Gasteiger partial charge in [0.25, 0.3) is 0 Å². The molecule has 3 N–H and O–H groups in total. The first-order valence-corrected chi connectivity index (χ1v) is 11.3. The van der Waals surface area contributed by atoms with Gasteiger partial charge in [0.15, 0.2) is 0 Å². The molecular formula is C27H31N3O4. The number of likely N-dealkylation sites (N-methyl/N-ethyl adjacent to an activating group) is 1. The number of aliphatic hydroxyl groups is 1. The quantitative estimate of drug-likeness (QED) is 0.381. The van der Waals surface area contributed by atoms with Crippen molar-refractivity contribution < 1.29 is 19.5 Å². The standard InChI is InChI=1S/C27H31N3O4/c1-19(32)17-28-26(33)25(16-20-8-4-3-5-9-20)30(2)27(34)24(29-18-31)15-21-12-13-22-10-6-7-11-23(22)14-21/h3-14,18-19,24-25,32H,15-17H2,1-2H3,(H,28,33)(H,29,31)/t19-,24-,25-/m1/s1. The highest BCUT2D eigenvalue weighted by atomic mass is 16.3. The Hall–Kier alpha value is -3.71. The number of nitrogens with zero attached hydrogens (tertiary/aromatic N) is 1. The highest BCUT2D eigenvalue weighted by Crippen LogP contribution is 2.18. The first-order valence-electron chi connectivity index (χ1n) is 11.3. The van der Waals surface area contributed by atoms with Crippen LogP contribution in [0.5, 0.6) is 0 Å². The Labute approximate surface area is 199 Å². The van der Waals surface area contributed by atoms with Gasteiger partial charge in [0.1, 0.15) is 12.1 Å². The number of nitrogens with one attached hydrogen (secondary N) is 2. The van der Waals surface area contributed by atoms with Crippen LogP contribution in [0.3, 0.4) is 0 Å². The second-order valence-corrected chi connectivity index (χ2v) is 8.47. The number of fused-ring (bicyclic) bond motifs is 1. The zero-order valence-corrected chi connectivity index (χ0v) is 19.5. The van der Waals surface area contributed by atoms with Crippen LogP contribution in [-0.2, 0) is 27.2 Å². The van der Waals surface area contributed by atoms with E-state index in [0.29, 0.717) is 19.3 Å². The first kappa shape index (κ1) is 24.9. The van der Waals surface area contributed by atoms with Crippen LogP contribution in [0.15, 0.2) is 72.8 Å². The Balaban J connectivity index is 1.82. The molecule has 3 atom stereocenters. The van der Waals surface area contributed by atoms with Crippen molar-refractivity contribution >= 4 is 29.0 Å². The number of rotatable bonds is 11. The van der Waals surface area contributed by atoms with Crippen LogP contribution in [0.2, 0.25) is 0 Å². The van der Waals surface area contributed by atoms with E-state index in [-0.39, 0.29) is 18.4 Å². The fourth-order valence-corrected chi connectivity index (χ4v) is 3.91. The largest absolute Gasteiger partial charge is 0.392 e. The molecule has 0 fully saturated rings. The summed E-state index contributed by atoms with van der Waals surface area (Å²) >= 11 is 0. The van der Waals surface area contributed by atoms with E-state index < -0.39 is 18.2 Å². The van der Waals surface area contributed by atoms with Gasteiger partial charge in [-0.25, -0.2) is 0 Å². The fraction of sp³-hybridized carbons (Fsp3) is 0.296. The summed E-state index contributed by atoms with van der Waals surface area (Å²) in [5.41, 5.74) is 1.80. The molecule has 34 heavy (non-hydrogen) atoms. The molecule has 0 saturated carbocycles. The molecule has 178 valence electrons. The van der Waals surface area contributed by atoms with Crippen molar-refractivity contribution in [3.05, 3.63) is 83.9 Å². The lowest BCUT2D eigenvalue weighted by Gasteiger charge is -2.31. The van der Waals surface area contributed by atoms with Crippen LogP contribution < -0.4 is 10.6 Å². The summed E-state index contributed by atoms with van der Waals surface area (Å²) in [4.78, 5) is 39.1. The lowest BCUT2D eigenvalue weighted by molar-refractivity contribution is -0.141. The van der Waals surface area contributed by atoms with Gasteiger partial charge in [-0.2, -0.15) is 0 Å². The molecule has 7 heteroatoms. The highest BCUT2D eigenvalue weighted by molar-refractivity contribution is 5.91. The fourth-order valence-electron chi connectivity index (χ4n) is 3.91. The summed E-state index contributed by atoms with van der Waals surface area (Å²) in [6, 6.07) is 21.6. The molecule has 3 rings (SSSR count). The maximum Gasteiger partial charge on any atom is 0.245 e. The van der Waals surface area contributed by atoms with Crippen molar-refractivity contribution in [1.29, 1.82) is 0 Å². The number of hydrogen-bond donors (Lipinski definition) is 3. The molecule has 0 bridgehead atoms. The third kappa shape index (κ3) is 6.65. The Morgan fingerprint density at radius 1 is 0.941 bits per heavy atom. The summed E-state index contributed by atoms with van der Waals surface area (Å²) in [5, 5.41) is 17.0. The molecule has 0 aliphatic rings. The molecule has 0 heterocycles. The molecule has 0 aromatic heterocycles. The van der Waals surface area contributed by atoms with Gasteiger partial charge in [-0.1, -0.05) is 72.8 Å². The van der Waals surface area contributed by atoms with Crippen LogP contribution in [0.25, 0.3) is 10.8 Å². The predicted octanol–water partition coefficient (Wildman–Crippen LogP) is 2.06. The highest BCUT2D eigenvalue weighted by Gasteiger charge is 2.31. The number of carbonyl (C=O) groups excluding carboxylic acids is 3. The molecule has 0 saturated heterocycles. The van der Waals surface area contributed by atoms with Gasteiger partial charge in [-0.05, 0) is 28.8 Å². The zero-order chi connectivity index (χ0) is 24.5. The van der Waals surface area contributed by atoms with E-state index in [1.165, 1.54) is 4.90 Å². The topological polar surface area (TPSA) is 98.7 Å². The molecule has 0 unspecified atom stereocenters. The Bertz CT molecular complexity index is 1120. The van der Waals surface area contributed by atoms with Gasteiger partial charge in [0, 0.05) is 26.4 Å². The molecule has 0 spiro atoms. The SMILES string of the molecule is C[C@@H](O)CNC(=O)[C@@H](Cc1ccccc1)N(C)C(=O)[C@@H](Cc1ccc2ccccc2c1)NC=O. The lowest BCUT2D eigenvalue weighted by Crippen LogP contribution is -2.55. The second-order valence-electron chi connectivity index (χ2n) is 8.47. The van der Waals surface area contributed by atoms with Crippen LogP contribution in [0.1, 0.15) is 18.1 Å². The van der Waals surface area contributed by atoms with E-state index in [1.807, 2.05) is 72.8 Å². The van der Waals surface area contributed by atoms with Crippen LogP contribution >= 0.6 is 0 Å². The summed E-state index contributed by atoms with van der Waals surface area (Å²) in [5.74, 6) is -0.732. The van der Waals surface area contributed by atoms with E-state index >= 15 is 0 Å². The first-order chi connectivity index (χ1) is 16.4. The maximum absolute atomic E-state index is 13.5. The van der Waals surface area contributed by atoms with Crippen molar-refractivity contribution in [2.24, 2.45) is 0 Å². The van der Waals surface area contributed by atoms with Gasteiger partial charge in [-0.3, -0.25) is 14.4 Å². The molecular weight excluding hydrogens is 430 g/mol. The average molecular weight is 462 g/mol. The van der Waals surface area contributed by atoms with E-state index in [0.717, 1.165) is 21.9 Å². The number of carbonyl (C=O) groups is 3. The normalized spacial score (nSPS) is 13.5. The van der Waals surface area contributed by atoms with Crippen LogP contribution in [-0.4, -0.2) is 60.0 Å². The molecule has 7 nitrogen and oxygen atoms in total.